The zero-order chi connectivity index (χ0) is 13.8. The number of anilines is 1. The molecule has 0 radical (unpaired) electrons. The number of hydrogen-bond acceptors (Lipinski definition) is 4. The Hall–Kier alpha value is -2.44. The molecule has 0 saturated heterocycles. The molecule has 1 aromatic carbocycles. The van der Waals surface area contributed by atoms with E-state index in [1.165, 1.54) is 12.1 Å². The van der Waals surface area contributed by atoms with E-state index in [1.807, 2.05) is 6.92 Å². The minimum atomic E-state index is -0.507. The molecule has 6 nitrogen and oxygen atoms in total. The molecule has 2 rings (SSSR count). The van der Waals surface area contributed by atoms with Gasteiger partial charge in [-0.1, -0.05) is 6.07 Å². The van der Waals surface area contributed by atoms with Crippen molar-refractivity contribution in [3.8, 4) is 5.75 Å². The number of hydrogen-bond donors (Lipinski definition) is 2. The fourth-order valence-corrected chi connectivity index (χ4v) is 1.42. The average Bonchev–Trinajstić information content (AvgIpc) is 2.76. The van der Waals surface area contributed by atoms with Crippen LogP contribution in [-0.4, -0.2) is 27.7 Å². The van der Waals surface area contributed by atoms with Crippen LogP contribution in [0.5, 0.6) is 5.75 Å². The molecular formula is C12H13FN4O2. The van der Waals surface area contributed by atoms with E-state index in [9.17, 15) is 9.18 Å². The van der Waals surface area contributed by atoms with Crippen LogP contribution in [0.25, 0.3) is 0 Å². The summed E-state index contributed by atoms with van der Waals surface area (Å²) in [5.41, 5.74) is 0.849. The van der Waals surface area contributed by atoms with Crippen molar-refractivity contribution in [1.29, 1.82) is 0 Å². The summed E-state index contributed by atoms with van der Waals surface area (Å²) >= 11 is 0. The normalized spacial score (nSPS) is 10.3. The van der Waals surface area contributed by atoms with Gasteiger partial charge < -0.3 is 4.74 Å². The summed E-state index contributed by atoms with van der Waals surface area (Å²) in [6.45, 7) is 3.21. The smallest absolute Gasteiger partial charge is 0.264 e. The van der Waals surface area contributed by atoms with Crippen LogP contribution < -0.4 is 10.1 Å². The summed E-state index contributed by atoms with van der Waals surface area (Å²) in [7, 11) is 0. The first kappa shape index (κ1) is 13.0. The Morgan fingerprint density at radius 3 is 2.95 bits per heavy atom. The van der Waals surface area contributed by atoms with Crippen LogP contribution in [0.15, 0.2) is 18.2 Å². The van der Waals surface area contributed by atoms with E-state index in [1.54, 1.807) is 13.0 Å². The largest absolute Gasteiger partial charge is 0.481 e. The Labute approximate surface area is 109 Å². The first-order chi connectivity index (χ1) is 9.04. The maximum absolute atomic E-state index is 13.4. The highest BCUT2D eigenvalue weighted by atomic mass is 19.1. The molecule has 0 bridgehead atoms. The average molecular weight is 264 g/mol. The number of nitrogens with zero attached hydrogens (tertiary/aromatic N) is 2. The van der Waals surface area contributed by atoms with Gasteiger partial charge in [0, 0.05) is 0 Å². The lowest BCUT2D eigenvalue weighted by Crippen LogP contribution is -2.21. The molecule has 100 valence electrons. The first-order valence-electron chi connectivity index (χ1n) is 5.62. The number of aromatic nitrogens is 3. The Bertz CT molecular complexity index is 597. The zero-order valence-electron chi connectivity index (χ0n) is 10.5. The van der Waals surface area contributed by atoms with Gasteiger partial charge in [-0.25, -0.2) is 4.39 Å². The number of rotatable bonds is 4. The van der Waals surface area contributed by atoms with Crippen LogP contribution in [-0.2, 0) is 4.79 Å². The molecule has 0 spiro atoms. The van der Waals surface area contributed by atoms with E-state index < -0.39 is 11.7 Å². The zero-order valence-corrected chi connectivity index (χ0v) is 10.5. The molecule has 0 aliphatic carbocycles. The van der Waals surface area contributed by atoms with Gasteiger partial charge in [-0.2, -0.15) is 4.98 Å². The van der Waals surface area contributed by atoms with Crippen molar-refractivity contribution in [3.63, 3.8) is 0 Å². The third kappa shape index (κ3) is 3.51. The number of halogens is 1. The van der Waals surface area contributed by atoms with Gasteiger partial charge in [-0.05, 0) is 31.5 Å². The van der Waals surface area contributed by atoms with Gasteiger partial charge in [0.05, 0.1) is 0 Å². The number of carbonyl (C=O) groups excluding carboxylic acids is 1. The molecule has 0 aliphatic heterocycles. The molecule has 2 N–H and O–H groups in total. The molecule has 7 heteroatoms. The van der Waals surface area contributed by atoms with Crippen molar-refractivity contribution >= 4 is 11.9 Å². The Morgan fingerprint density at radius 1 is 1.47 bits per heavy atom. The number of amides is 1. The summed E-state index contributed by atoms with van der Waals surface area (Å²) < 4.78 is 18.5. The van der Waals surface area contributed by atoms with E-state index in [4.69, 9.17) is 4.74 Å². The Balaban J connectivity index is 1.91. The number of carbonyl (C=O) groups is 1. The van der Waals surface area contributed by atoms with Crippen molar-refractivity contribution in [1.82, 2.24) is 15.2 Å². The molecule has 0 atom stereocenters. The quantitative estimate of drug-likeness (QED) is 0.878. The predicted molar refractivity (Wildman–Crippen MR) is 66.4 cm³/mol. The van der Waals surface area contributed by atoms with Gasteiger partial charge in [0.2, 0.25) is 5.95 Å². The number of ether oxygens (including phenoxy) is 1. The molecule has 19 heavy (non-hydrogen) atoms. The number of H-pyrrole nitrogens is 1. The number of aromatic amines is 1. The second-order valence-electron chi connectivity index (χ2n) is 4.02. The lowest BCUT2D eigenvalue weighted by Gasteiger charge is -2.07. The Morgan fingerprint density at radius 2 is 2.26 bits per heavy atom. The van der Waals surface area contributed by atoms with Crippen molar-refractivity contribution in [3.05, 3.63) is 35.4 Å². The maximum Gasteiger partial charge on any atom is 0.264 e. The minimum absolute atomic E-state index is 0.0429. The van der Waals surface area contributed by atoms with Crippen molar-refractivity contribution < 1.29 is 13.9 Å². The summed E-state index contributed by atoms with van der Waals surface area (Å²) in [5.74, 6) is -0.176. The number of nitrogens with one attached hydrogen (secondary N) is 2. The molecule has 2 aromatic rings. The molecule has 0 unspecified atom stereocenters. The van der Waals surface area contributed by atoms with Crippen LogP contribution in [0.3, 0.4) is 0 Å². The molecule has 0 aliphatic rings. The maximum atomic E-state index is 13.4. The lowest BCUT2D eigenvalue weighted by molar-refractivity contribution is -0.118. The summed E-state index contributed by atoms with van der Waals surface area (Å²) in [4.78, 5) is 15.4. The summed E-state index contributed by atoms with van der Waals surface area (Å²) in [6.07, 6.45) is 0. The van der Waals surface area contributed by atoms with Gasteiger partial charge in [0.25, 0.3) is 5.91 Å². The molecular weight excluding hydrogens is 251 g/mol. The topological polar surface area (TPSA) is 79.9 Å². The van der Waals surface area contributed by atoms with E-state index in [2.05, 4.69) is 20.5 Å². The highest BCUT2D eigenvalue weighted by Crippen LogP contribution is 2.18. The highest BCUT2D eigenvalue weighted by Gasteiger charge is 2.09. The van der Waals surface area contributed by atoms with Crippen molar-refractivity contribution in [2.24, 2.45) is 0 Å². The number of aryl methyl sites for hydroxylation is 2. The molecule has 0 fully saturated rings. The van der Waals surface area contributed by atoms with E-state index in [-0.39, 0.29) is 18.3 Å². The molecule has 1 heterocycles. The van der Waals surface area contributed by atoms with Gasteiger partial charge >= 0.3 is 0 Å². The molecule has 0 saturated carbocycles. The lowest BCUT2D eigenvalue weighted by atomic mass is 10.2. The summed E-state index contributed by atoms with van der Waals surface area (Å²) in [6, 6.07) is 4.44. The van der Waals surface area contributed by atoms with Crippen LogP contribution >= 0.6 is 0 Å². The SMILES string of the molecule is Cc1ccc(F)c(OCC(=O)Nc2n[nH]c(C)n2)c1. The first-order valence-corrected chi connectivity index (χ1v) is 5.62. The van der Waals surface area contributed by atoms with E-state index >= 15 is 0 Å². The standard InChI is InChI=1S/C12H13FN4O2/c1-7-3-4-9(13)10(5-7)19-6-11(18)15-12-14-8(2)16-17-12/h3-5H,6H2,1-2H3,(H2,14,15,16,17,18). The van der Waals surface area contributed by atoms with E-state index in [0.29, 0.717) is 5.82 Å². The minimum Gasteiger partial charge on any atom is -0.481 e. The van der Waals surface area contributed by atoms with Gasteiger partial charge in [0.1, 0.15) is 5.82 Å². The van der Waals surface area contributed by atoms with Crippen molar-refractivity contribution in [2.45, 2.75) is 13.8 Å². The third-order valence-corrected chi connectivity index (χ3v) is 2.29. The van der Waals surface area contributed by atoms with Gasteiger partial charge in [0.15, 0.2) is 18.2 Å². The predicted octanol–water partition coefficient (Wildman–Crippen LogP) is 1.58. The monoisotopic (exact) mass is 264 g/mol. The summed E-state index contributed by atoms with van der Waals surface area (Å²) in [5, 5.41) is 8.76. The van der Waals surface area contributed by atoms with Crippen LogP contribution in [0.4, 0.5) is 10.3 Å². The fourth-order valence-electron chi connectivity index (χ4n) is 1.42. The van der Waals surface area contributed by atoms with Crippen LogP contribution in [0.2, 0.25) is 0 Å². The van der Waals surface area contributed by atoms with Crippen LogP contribution in [0.1, 0.15) is 11.4 Å². The second-order valence-corrected chi connectivity index (χ2v) is 4.02. The van der Waals surface area contributed by atoms with Crippen molar-refractivity contribution in [2.75, 3.05) is 11.9 Å². The second kappa shape index (κ2) is 5.47. The molecule has 1 amide bonds. The van der Waals surface area contributed by atoms with Crippen LogP contribution in [0, 0.1) is 19.7 Å². The Kier molecular flexibility index (Phi) is 3.74. The fraction of sp³-hybridized carbons (Fsp3) is 0.250. The van der Waals surface area contributed by atoms with Gasteiger partial charge in [-0.15, -0.1) is 5.10 Å². The van der Waals surface area contributed by atoms with E-state index in [0.717, 1.165) is 5.56 Å². The third-order valence-electron chi connectivity index (χ3n) is 2.29. The molecule has 1 aromatic heterocycles. The number of benzene rings is 1. The highest BCUT2D eigenvalue weighted by molar-refractivity contribution is 5.90. The van der Waals surface area contributed by atoms with Gasteiger partial charge in [-0.3, -0.25) is 15.2 Å².